The third kappa shape index (κ3) is 4.31. The van der Waals surface area contributed by atoms with E-state index in [1.807, 2.05) is 45.1 Å². The van der Waals surface area contributed by atoms with Crippen molar-refractivity contribution in [2.24, 2.45) is 0 Å². The van der Waals surface area contributed by atoms with E-state index in [-0.39, 0.29) is 11.9 Å². The van der Waals surface area contributed by atoms with E-state index in [2.05, 4.69) is 18.0 Å². The molecule has 0 bridgehead atoms. The normalized spacial score (nSPS) is 12.5. The zero-order valence-corrected chi connectivity index (χ0v) is 12.7. The molecule has 0 N–H and O–H groups in total. The lowest BCUT2D eigenvalue weighted by molar-refractivity contribution is -0.134. The van der Waals surface area contributed by atoms with Crippen LogP contribution in [0, 0.1) is 0 Å². The summed E-state index contributed by atoms with van der Waals surface area (Å²) >= 11 is 0. The summed E-state index contributed by atoms with van der Waals surface area (Å²) in [5, 5.41) is 0. The fraction of sp³-hybridized carbons (Fsp3) is 0.600. The Morgan fingerprint density at radius 3 is 2.47 bits per heavy atom. The number of carbonyl (C=O) groups is 1. The van der Waals surface area contributed by atoms with Crippen LogP contribution < -0.4 is 0 Å². The van der Waals surface area contributed by atoms with Gasteiger partial charge >= 0.3 is 0 Å². The molecule has 1 atom stereocenters. The molecule has 0 aliphatic carbocycles. The predicted octanol–water partition coefficient (Wildman–Crippen LogP) is 1.94. The fourth-order valence-electron chi connectivity index (χ4n) is 1.81. The monoisotopic (exact) mass is 263 g/mol. The molecule has 0 saturated carbocycles. The minimum atomic E-state index is -0.127. The zero-order chi connectivity index (χ0) is 14.4. The number of hydrogen-bond acceptors (Lipinski definition) is 3. The van der Waals surface area contributed by atoms with Gasteiger partial charge in [0.15, 0.2) is 0 Å². The van der Waals surface area contributed by atoms with Gasteiger partial charge in [0.2, 0.25) is 5.91 Å². The molecule has 1 aromatic rings. The molecule has 106 valence electrons. The van der Waals surface area contributed by atoms with E-state index in [1.165, 1.54) is 5.56 Å². The van der Waals surface area contributed by atoms with Gasteiger partial charge < -0.3 is 4.90 Å². The van der Waals surface area contributed by atoms with E-state index in [9.17, 15) is 4.79 Å². The van der Waals surface area contributed by atoms with Crippen LogP contribution in [0.2, 0.25) is 0 Å². The molecule has 1 amide bonds. The second kappa shape index (κ2) is 7.24. The molecule has 1 rings (SSSR count). The highest BCUT2D eigenvalue weighted by Crippen LogP contribution is 2.07. The van der Waals surface area contributed by atoms with Crippen molar-refractivity contribution in [3.8, 4) is 0 Å². The quantitative estimate of drug-likeness (QED) is 0.787. The second-order valence-electron chi connectivity index (χ2n) is 4.95. The molecular weight excluding hydrogens is 238 g/mol. The van der Waals surface area contributed by atoms with Gasteiger partial charge in [-0.25, -0.2) is 0 Å². The van der Waals surface area contributed by atoms with Gasteiger partial charge in [0.25, 0.3) is 0 Å². The molecule has 0 radical (unpaired) electrons. The molecule has 4 heteroatoms. The number of amides is 1. The van der Waals surface area contributed by atoms with E-state index >= 15 is 0 Å². The van der Waals surface area contributed by atoms with E-state index in [0.29, 0.717) is 6.54 Å². The van der Waals surface area contributed by atoms with Crippen molar-refractivity contribution in [2.45, 2.75) is 39.8 Å². The summed E-state index contributed by atoms with van der Waals surface area (Å²) in [7, 11) is 3.79. The summed E-state index contributed by atoms with van der Waals surface area (Å²) < 4.78 is 0. The molecule has 4 nitrogen and oxygen atoms in total. The molecule has 0 spiro atoms. The van der Waals surface area contributed by atoms with E-state index < -0.39 is 0 Å². The van der Waals surface area contributed by atoms with Crippen molar-refractivity contribution in [2.75, 3.05) is 20.6 Å². The third-order valence-electron chi connectivity index (χ3n) is 3.57. The van der Waals surface area contributed by atoms with Gasteiger partial charge in [0.05, 0.1) is 11.7 Å². The van der Waals surface area contributed by atoms with Crippen molar-refractivity contribution >= 4 is 5.91 Å². The van der Waals surface area contributed by atoms with Crippen LogP contribution in [0.5, 0.6) is 0 Å². The van der Waals surface area contributed by atoms with Crippen LogP contribution in [0.15, 0.2) is 18.3 Å². The topological polar surface area (TPSA) is 36.4 Å². The summed E-state index contributed by atoms with van der Waals surface area (Å²) in [5.74, 6) is 0.148. The number of nitrogens with zero attached hydrogens (tertiary/aromatic N) is 3. The van der Waals surface area contributed by atoms with Gasteiger partial charge in [-0.3, -0.25) is 14.7 Å². The van der Waals surface area contributed by atoms with Gasteiger partial charge in [-0.05, 0) is 38.9 Å². The van der Waals surface area contributed by atoms with Gasteiger partial charge in [-0.15, -0.1) is 0 Å². The molecular formula is C15H25N3O. The molecule has 1 aromatic heterocycles. The number of pyridine rings is 1. The van der Waals surface area contributed by atoms with Crippen molar-refractivity contribution < 1.29 is 4.79 Å². The summed E-state index contributed by atoms with van der Waals surface area (Å²) in [4.78, 5) is 20.3. The fourth-order valence-corrected chi connectivity index (χ4v) is 1.81. The average molecular weight is 263 g/mol. The first-order chi connectivity index (χ1) is 8.99. The van der Waals surface area contributed by atoms with Crippen LogP contribution in [0.4, 0.5) is 0 Å². The van der Waals surface area contributed by atoms with Crippen molar-refractivity contribution in [1.29, 1.82) is 0 Å². The summed E-state index contributed by atoms with van der Waals surface area (Å²) in [6.45, 7) is 7.46. The molecule has 19 heavy (non-hydrogen) atoms. The number of aryl methyl sites for hydroxylation is 1. The van der Waals surface area contributed by atoms with Gasteiger partial charge in [0.1, 0.15) is 0 Å². The average Bonchev–Trinajstić information content (AvgIpc) is 2.45. The molecule has 0 aliphatic rings. The van der Waals surface area contributed by atoms with Gasteiger partial charge in [-0.2, -0.15) is 0 Å². The lowest BCUT2D eigenvalue weighted by Crippen LogP contribution is -2.43. The highest BCUT2D eigenvalue weighted by molar-refractivity contribution is 5.81. The largest absolute Gasteiger partial charge is 0.345 e. The lowest BCUT2D eigenvalue weighted by Gasteiger charge is -2.27. The maximum Gasteiger partial charge on any atom is 0.239 e. The Kier molecular flexibility index (Phi) is 5.96. The summed E-state index contributed by atoms with van der Waals surface area (Å²) in [6.07, 6.45) is 2.91. The third-order valence-corrected chi connectivity index (χ3v) is 3.57. The molecule has 0 fully saturated rings. The number of aromatic nitrogens is 1. The number of hydrogen-bond donors (Lipinski definition) is 0. The first-order valence-electron chi connectivity index (χ1n) is 6.88. The standard InChI is InChI=1S/C15H25N3O/c1-6-13-8-9-14(16-10-13)11-18(5)12(3)15(19)17(4)7-2/h8-10,12H,6-7,11H2,1-5H3. The van der Waals surface area contributed by atoms with E-state index in [1.54, 1.807) is 4.90 Å². The highest BCUT2D eigenvalue weighted by atomic mass is 16.2. The Morgan fingerprint density at radius 1 is 1.32 bits per heavy atom. The van der Waals surface area contributed by atoms with Crippen LogP contribution in [0.25, 0.3) is 0 Å². The Morgan fingerprint density at radius 2 is 2.00 bits per heavy atom. The van der Waals surface area contributed by atoms with Crippen LogP contribution in [0.1, 0.15) is 32.0 Å². The molecule has 0 aliphatic heterocycles. The summed E-state index contributed by atoms with van der Waals surface area (Å²) in [6, 6.07) is 4.01. The van der Waals surface area contributed by atoms with Gasteiger partial charge in [-0.1, -0.05) is 13.0 Å². The van der Waals surface area contributed by atoms with Crippen molar-refractivity contribution in [3.05, 3.63) is 29.6 Å². The Hall–Kier alpha value is -1.42. The molecule has 0 aromatic carbocycles. The first kappa shape index (κ1) is 15.6. The lowest BCUT2D eigenvalue weighted by atomic mass is 10.2. The summed E-state index contributed by atoms with van der Waals surface area (Å²) in [5.41, 5.74) is 2.24. The smallest absolute Gasteiger partial charge is 0.239 e. The maximum atomic E-state index is 12.1. The Balaban J connectivity index is 2.62. The molecule has 1 heterocycles. The van der Waals surface area contributed by atoms with Gasteiger partial charge in [0, 0.05) is 26.3 Å². The zero-order valence-electron chi connectivity index (χ0n) is 12.7. The Labute approximate surface area is 116 Å². The Bertz CT molecular complexity index is 402. The van der Waals surface area contributed by atoms with Crippen molar-refractivity contribution in [1.82, 2.24) is 14.8 Å². The van der Waals surface area contributed by atoms with Crippen molar-refractivity contribution in [3.63, 3.8) is 0 Å². The molecule has 1 unspecified atom stereocenters. The maximum absolute atomic E-state index is 12.1. The highest BCUT2D eigenvalue weighted by Gasteiger charge is 2.20. The number of likely N-dealkylation sites (N-methyl/N-ethyl adjacent to an activating group) is 2. The first-order valence-corrected chi connectivity index (χ1v) is 6.88. The SMILES string of the molecule is CCc1ccc(CN(C)C(C)C(=O)N(C)CC)nc1. The number of rotatable bonds is 6. The predicted molar refractivity (Wildman–Crippen MR) is 77.9 cm³/mol. The van der Waals surface area contributed by atoms with Crippen LogP contribution in [0.3, 0.4) is 0 Å². The van der Waals surface area contributed by atoms with E-state index in [0.717, 1.165) is 18.7 Å². The second-order valence-corrected chi connectivity index (χ2v) is 4.95. The van der Waals surface area contributed by atoms with Crippen LogP contribution in [-0.4, -0.2) is 47.4 Å². The number of carbonyl (C=O) groups excluding carboxylic acids is 1. The van der Waals surface area contributed by atoms with Crippen LogP contribution >= 0.6 is 0 Å². The minimum Gasteiger partial charge on any atom is -0.345 e. The van der Waals surface area contributed by atoms with Crippen LogP contribution in [-0.2, 0) is 17.8 Å². The molecule has 0 saturated heterocycles. The minimum absolute atomic E-state index is 0.127. The van der Waals surface area contributed by atoms with E-state index in [4.69, 9.17) is 0 Å².